The summed E-state index contributed by atoms with van der Waals surface area (Å²) in [5, 5.41) is 23.2. The van der Waals surface area contributed by atoms with Crippen molar-refractivity contribution >= 4 is 5.91 Å². The van der Waals surface area contributed by atoms with Crippen molar-refractivity contribution in [2.45, 2.75) is 13.8 Å². The van der Waals surface area contributed by atoms with Crippen molar-refractivity contribution in [2.24, 2.45) is 5.41 Å². The Balaban J connectivity index is 2.22. The lowest BCUT2D eigenvalue weighted by Crippen LogP contribution is -2.41. The van der Waals surface area contributed by atoms with E-state index in [1.807, 2.05) is 30.3 Å². The number of aryl methyl sites for hydroxylation is 1. The summed E-state index contributed by atoms with van der Waals surface area (Å²) in [4.78, 5) is 14.1. The van der Waals surface area contributed by atoms with Gasteiger partial charge in [0.1, 0.15) is 0 Å². The molecule has 1 aromatic carbocycles. The summed E-state index contributed by atoms with van der Waals surface area (Å²) in [7, 11) is 1.66. The fourth-order valence-corrected chi connectivity index (χ4v) is 2.38. The third kappa shape index (κ3) is 3.78. The lowest BCUT2D eigenvalue weighted by atomic mass is 9.92. The van der Waals surface area contributed by atoms with Crippen LogP contribution in [-0.2, 0) is 0 Å². The topological polar surface area (TPSA) is 78.6 Å². The molecule has 2 aromatic rings. The Morgan fingerprint density at radius 2 is 1.87 bits per heavy atom. The number of benzene rings is 1. The summed E-state index contributed by atoms with van der Waals surface area (Å²) in [6.45, 7) is 3.40. The van der Waals surface area contributed by atoms with Crippen LogP contribution in [0.2, 0.25) is 0 Å². The zero-order valence-corrected chi connectivity index (χ0v) is 13.7. The standard InChI is InChI=1S/C17H23N3O3/c1-13-15(9-20(18-13)14-7-5-4-6-8-14)16(23)19(3)10-17(2,11-21)12-22/h4-9,21-22H,10-12H2,1-3H3. The number of rotatable bonds is 6. The van der Waals surface area contributed by atoms with E-state index < -0.39 is 5.41 Å². The van der Waals surface area contributed by atoms with Crippen LogP contribution in [0.4, 0.5) is 0 Å². The lowest BCUT2D eigenvalue weighted by molar-refractivity contribution is 0.0366. The molecule has 0 spiro atoms. The number of hydrogen-bond acceptors (Lipinski definition) is 4. The van der Waals surface area contributed by atoms with Crippen LogP contribution in [0, 0.1) is 12.3 Å². The van der Waals surface area contributed by atoms with Crippen LogP contribution in [0.3, 0.4) is 0 Å². The Hall–Kier alpha value is -2.18. The molecule has 0 saturated heterocycles. The molecule has 2 N–H and O–H groups in total. The summed E-state index contributed by atoms with van der Waals surface area (Å²) in [5.74, 6) is -0.183. The minimum atomic E-state index is -0.728. The highest BCUT2D eigenvalue weighted by atomic mass is 16.3. The molecule has 0 atom stereocenters. The van der Waals surface area contributed by atoms with Crippen LogP contribution in [0.25, 0.3) is 5.69 Å². The van der Waals surface area contributed by atoms with Crippen molar-refractivity contribution in [3.8, 4) is 5.69 Å². The smallest absolute Gasteiger partial charge is 0.257 e. The molecule has 124 valence electrons. The molecule has 23 heavy (non-hydrogen) atoms. The second-order valence-electron chi connectivity index (χ2n) is 6.20. The zero-order valence-electron chi connectivity index (χ0n) is 13.7. The molecule has 0 aliphatic rings. The van der Waals surface area contributed by atoms with Crippen LogP contribution in [0.5, 0.6) is 0 Å². The molecule has 2 rings (SSSR count). The van der Waals surface area contributed by atoms with Gasteiger partial charge in [0.05, 0.1) is 30.2 Å². The molecule has 1 heterocycles. The summed E-state index contributed by atoms with van der Waals surface area (Å²) >= 11 is 0. The molecule has 0 radical (unpaired) electrons. The van der Waals surface area contributed by atoms with Crippen LogP contribution in [0.1, 0.15) is 23.0 Å². The van der Waals surface area contributed by atoms with Gasteiger partial charge in [-0.15, -0.1) is 0 Å². The zero-order chi connectivity index (χ0) is 17.0. The minimum Gasteiger partial charge on any atom is -0.396 e. The van der Waals surface area contributed by atoms with E-state index >= 15 is 0 Å². The molecule has 0 fully saturated rings. The first-order chi connectivity index (χ1) is 10.9. The van der Waals surface area contributed by atoms with Crippen molar-refractivity contribution in [3.05, 3.63) is 47.8 Å². The van der Waals surface area contributed by atoms with Gasteiger partial charge in [0.25, 0.3) is 5.91 Å². The van der Waals surface area contributed by atoms with Crippen molar-refractivity contribution in [2.75, 3.05) is 26.8 Å². The Morgan fingerprint density at radius 1 is 1.26 bits per heavy atom. The number of nitrogens with zero attached hydrogens (tertiary/aromatic N) is 3. The number of amides is 1. The van der Waals surface area contributed by atoms with Crippen LogP contribution < -0.4 is 0 Å². The van der Waals surface area contributed by atoms with Gasteiger partial charge >= 0.3 is 0 Å². The highest BCUT2D eigenvalue weighted by molar-refractivity contribution is 5.95. The highest BCUT2D eigenvalue weighted by Gasteiger charge is 2.28. The maximum absolute atomic E-state index is 12.6. The number of para-hydroxylation sites is 1. The number of aliphatic hydroxyl groups is 2. The van der Waals surface area contributed by atoms with E-state index in [2.05, 4.69) is 5.10 Å². The van der Waals surface area contributed by atoms with Gasteiger partial charge in [-0.1, -0.05) is 25.1 Å². The first-order valence-corrected chi connectivity index (χ1v) is 7.49. The quantitative estimate of drug-likeness (QED) is 0.840. The predicted molar refractivity (Wildman–Crippen MR) is 87.5 cm³/mol. The average molecular weight is 317 g/mol. The minimum absolute atomic E-state index is 0.183. The Labute approximate surface area is 136 Å². The van der Waals surface area contributed by atoms with E-state index in [4.69, 9.17) is 0 Å². The molecular weight excluding hydrogens is 294 g/mol. The second-order valence-corrected chi connectivity index (χ2v) is 6.20. The van der Waals surface area contributed by atoms with Crippen molar-refractivity contribution in [1.29, 1.82) is 0 Å². The first-order valence-electron chi connectivity index (χ1n) is 7.49. The molecule has 0 saturated carbocycles. The van der Waals surface area contributed by atoms with E-state index in [9.17, 15) is 15.0 Å². The monoisotopic (exact) mass is 317 g/mol. The fourth-order valence-electron chi connectivity index (χ4n) is 2.38. The number of aliphatic hydroxyl groups excluding tert-OH is 2. The lowest BCUT2D eigenvalue weighted by Gasteiger charge is -2.30. The van der Waals surface area contributed by atoms with Gasteiger partial charge in [0, 0.05) is 25.2 Å². The average Bonchev–Trinajstić information content (AvgIpc) is 2.96. The van der Waals surface area contributed by atoms with Gasteiger partial charge in [-0.2, -0.15) is 5.10 Å². The number of carbonyl (C=O) groups is 1. The summed E-state index contributed by atoms with van der Waals surface area (Å²) in [6.07, 6.45) is 1.71. The van der Waals surface area contributed by atoms with Crippen LogP contribution in [0.15, 0.2) is 36.5 Å². The third-order valence-electron chi connectivity index (χ3n) is 3.88. The summed E-state index contributed by atoms with van der Waals surface area (Å²) in [6, 6.07) is 9.57. The molecule has 0 bridgehead atoms. The molecule has 6 nitrogen and oxygen atoms in total. The van der Waals surface area contributed by atoms with E-state index in [0.717, 1.165) is 5.69 Å². The number of aromatic nitrogens is 2. The summed E-state index contributed by atoms with van der Waals surface area (Å²) in [5.41, 5.74) is 1.30. The van der Waals surface area contributed by atoms with Gasteiger partial charge in [0.2, 0.25) is 0 Å². The van der Waals surface area contributed by atoms with Gasteiger partial charge in [-0.25, -0.2) is 4.68 Å². The number of carbonyl (C=O) groups excluding carboxylic acids is 1. The fraction of sp³-hybridized carbons (Fsp3) is 0.412. The van der Waals surface area contributed by atoms with Gasteiger partial charge in [-0.05, 0) is 19.1 Å². The highest BCUT2D eigenvalue weighted by Crippen LogP contribution is 2.19. The molecule has 1 amide bonds. The Morgan fingerprint density at radius 3 is 2.43 bits per heavy atom. The summed E-state index contributed by atoms with van der Waals surface area (Å²) < 4.78 is 1.67. The van der Waals surface area contributed by atoms with E-state index in [0.29, 0.717) is 11.3 Å². The van der Waals surface area contributed by atoms with Crippen molar-refractivity contribution in [3.63, 3.8) is 0 Å². The van der Waals surface area contributed by atoms with Crippen LogP contribution in [-0.4, -0.2) is 57.6 Å². The molecule has 0 unspecified atom stereocenters. The second kappa shape index (κ2) is 6.93. The van der Waals surface area contributed by atoms with Gasteiger partial charge in [-0.3, -0.25) is 4.79 Å². The maximum Gasteiger partial charge on any atom is 0.257 e. The Kier molecular flexibility index (Phi) is 5.18. The van der Waals surface area contributed by atoms with E-state index in [1.165, 1.54) is 4.90 Å². The molecule has 6 heteroatoms. The first kappa shape index (κ1) is 17.2. The van der Waals surface area contributed by atoms with E-state index in [1.54, 1.807) is 31.8 Å². The molecule has 0 aliphatic carbocycles. The van der Waals surface area contributed by atoms with Gasteiger partial charge in [0.15, 0.2) is 0 Å². The predicted octanol–water partition coefficient (Wildman–Crippen LogP) is 1.24. The maximum atomic E-state index is 12.6. The van der Waals surface area contributed by atoms with E-state index in [-0.39, 0.29) is 25.7 Å². The Bertz CT molecular complexity index is 663. The normalized spacial score (nSPS) is 11.5. The molecular formula is C17H23N3O3. The largest absolute Gasteiger partial charge is 0.396 e. The van der Waals surface area contributed by atoms with Gasteiger partial charge < -0.3 is 15.1 Å². The number of hydrogen-bond donors (Lipinski definition) is 2. The molecule has 0 aliphatic heterocycles. The SMILES string of the molecule is Cc1nn(-c2ccccc2)cc1C(=O)N(C)CC(C)(CO)CO. The molecule has 1 aromatic heterocycles. The van der Waals surface area contributed by atoms with Crippen molar-refractivity contribution < 1.29 is 15.0 Å². The van der Waals surface area contributed by atoms with Crippen molar-refractivity contribution in [1.82, 2.24) is 14.7 Å². The van der Waals surface area contributed by atoms with Crippen LogP contribution >= 0.6 is 0 Å². The third-order valence-corrected chi connectivity index (χ3v) is 3.88.